The molecule has 0 aliphatic carbocycles. The highest BCUT2D eigenvalue weighted by atomic mass is 31.0. The van der Waals surface area contributed by atoms with E-state index in [4.69, 9.17) is 4.74 Å². The van der Waals surface area contributed by atoms with E-state index in [9.17, 15) is 0 Å². The molecule has 2 aromatic rings. The number of hydrogen-bond donors (Lipinski definition) is 0. The molecule has 2 aromatic carbocycles. The standard InChI is InChI=1S/C14H14O.H3P/c1-11-7-3-5-9-13(11)15-14-10-6-4-8-12(14)2;/h3-10H,1-2H3;1H3. The third kappa shape index (κ3) is 2.84. The number of ether oxygens (including phenoxy) is 1. The maximum atomic E-state index is 5.84. The predicted molar refractivity (Wildman–Crippen MR) is 73.5 cm³/mol. The van der Waals surface area contributed by atoms with Crippen LogP contribution in [0.4, 0.5) is 0 Å². The van der Waals surface area contributed by atoms with Gasteiger partial charge in [-0.15, -0.1) is 0 Å². The lowest BCUT2D eigenvalue weighted by Gasteiger charge is -2.10. The van der Waals surface area contributed by atoms with Gasteiger partial charge in [0.1, 0.15) is 11.5 Å². The highest BCUT2D eigenvalue weighted by Crippen LogP contribution is 2.26. The SMILES string of the molecule is Cc1ccccc1Oc1ccccc1C.P. The van der Waals surface area contributed by atoms with Crippen LogP contribution in [0, 0.1) is 13.8 Å². The fourth-order valence-corrected chi connectivity index (χ4v) is 1.46. The van der Waals surface area contributed by atoms with Gasteiger partial charge in [0.2, 0.25) is 0 Å². The van der Waals surface area contributed by atoms with Crippen molar-refractivity contribution in [1.29, 1.82) is 0 Å². The van der Waals surface area contributed by atoms with Gasteiger partial charge in [0, 0.05) is 0 Å². The quantitative estimate of drug-likeness (QED) is 0.706. The third-order valence-electron chi connectivity index (χ3n) is 2.41. The molecule has 0 fully saturated rings. The van der Waals surface area contributed by atoms with Crippen molar-refractivity contribution in [3.63, 3.8) is 0 Å². The second-order valence-corrected chi connectivity index (χ2v) is 3.63. The molecule has 2 rings (SSSR count). The third-order valence-corrected chi connectivity index (χ3v) is 2.41. The summed E-state index contributed by atoms with van der Waals surface area (Å²) in [5.74, 6) is 1.85. The van der Waals surface area contributed by atoms with E-state index in [2.05, 4.69) is 0 Å². The molecule has 0 amide bonds. The Morgan fingerprint density at radius 2 is 1.06 bits per heavy atom. The van der Waals surface area contributed by atoms with Gasteiger partial charge in [-0.25, -0.2) is 0 Å². The van der Waals surface area contributed by atoms with Crippen LogP contribution in [0.3, 0.4) is 0 Å². The van der Waals surface area contributed by atoms with Gasteiger partial charge in [-0.05, 0) is 37.1 Å². The van der Waals surface area contributed by atoms with Gasteiger partial charge in [0.05, 0.1) is 0 Å². The van der Waals surface area contributed by atoms with E-state index < -0.39 is 0 Å². The molecule has 0 aromatic heterocycles. The zero-order valence-electron chi connectivity index (χ0n) is 9.73. The predicted octanol–water partition coefficient (Wildman–Crippen LogP) is 4.15. The van der Waals surface area contributed by atoms with Crippen molar-refractivity contribution < 1.29 is 4.74 Å². The average Bonchev–Trinajstić information content (AvgIpc) is 2.24. The number of rotatable bonds is 2. The van der Waals surface area contributed by atoms with Crippen LogP contribution in [0.2, 0.25) is 0 Å². The van der Waals surface area contributed by atoms with E-state index in [1.807, 2.05) is 62.4 Å². The highest BCUT2D eigenvalue weighted by molar-refractivity contribution is 6.92. The molecule has 0 spiro atoms. The topological polar surface area (TPSA) is 9.23 Å². The van der Waals surface area contributed by atoms with Gasteiger partial charge >= 0.3 is 0 Å². The van der Waals surface area contributed by atoms with E-state index in [1.54, 1.807) is 0 Å². The minimum Gasteiger partial charge on any atom is -0.457 e. The van der Waals surface area contributed by atoms with E-state index in [0.29, 0.717) is 0 Å². The minimum absolute atomic E-state index is 0. The Hall–Kier alpha value is -1.33. The molecule has 16 heavy (non-hydrogen) atoms. The fourth-order valence-electron chi connectivity index (χ4n) is 1.46. The largest absolute Gasteiger partial charge is 0.457 e. The second kappa shape index (κ2) is 5.67. The second-order valence-electron chi connectivity index (χ2n) is 3.63. The van der Waals surface area contributed by atoms with Crippen molar-refractivity contribution in [2.24, 2.45) is 0 Å². The lowest BCUT2D eigenvalue weighted by Crippen LogP contribution is -1.88. The van der Waals surface area contributed by atoms with Crippen LogP contribution in [-0.2, 0) is 0 Å². The summed E-state index contributed by atoms with van der Waals surface area (Å²) in [6, 6.07) is 16.1. The van der Waals surface area contributed by atoms with Crippen molar-refractivity contribution in [3.8, 4) is 11.5 Å². The van der Waals surface area contributed by atoms with Gasteiger partial charge in [-0.1, -0.05) is 36.4 Å². The first kappa shape index (κ1) is 12.7. The zero-order chi connectivity index (χ0) is 10.7. The maximum absolute atomic E-state index is 5.84. The van der Waals surface area contributed by atoms with Crippen molar-refractivity contribution >= 4 is 9.90 Å². The number of hydrogen-bond acceptors (Lipinski definition) is 1. The molecule has 0 radical (unpaired) electrons. The van der Waals surface area contributed by atoms with Crippen LogP contribution in [0.5, 0.6) is 11.5 Å². The molecule has 0 bridgehead atoms. The summed E-state index contributed by atoms with van der Waals surface area (Å²) >= 11 is 0. The number of aryl methyl sites for hydroxylation is 2. The van der Waals surface area contributed by atoms with Crippen LogP contribution >= 0.6 is 9.90 Å². The van der Waals surface area contributed by atoms with Gasteiger partial charge in [-0.2, -0.15) is 9.90 Å². The molecule has 0 saturated heterocycles. The van der Waals surface area contributed by atoms with Crippen LogP contribution in [0.25, 0.3) is 0 Å². The Morgan fingerprint density at radius 1 is 0.688 bits per heavy atom. The van der Waals surface area contributed by atoms with E-state index in [1.165, 1.54) is 0 Å². The van der Waals surface area contributed by atoms with E-state index in [-0.39, 0.29) is 9.90 Å². The van der Waals surface area contributed by atoms with Gasteiger partial charge in [0.25, 0.3) is 0 Å². The molecule has 0 saturated carbocycles. The highest BCUT2D eigenvalue weighted by Gasteiger charge is 2.01. The van der Waals surface area contributed by atoms with E-state index in [0.717, 1.165) is 22.6 Å². The Morgan fingerprint density at radius 3 is 1.44 bits per heavy atom. The lowest BCUT2D eigenvalue weighted by atomic mass is 10.2. The van der Waals surface area contributed by atoms with Crippen molar-refractivity contribution in [2.75, 3.05) is 0 Å². The molecule has 1 atom stereocenters. The number of benzene rings is 2. The number of para-hydroxylation sites is 2. The Labute approximate surface area is 100 Å². The van der Waals surface area contributed by atoms with Crippen LogP contribution in [-0.4, -0.2) is 0 Å². The summed E-state index contributed by atoms with van der Waals surface area (Å²) in [4.78, 5) is 0. The molecular formula is C14H17OP. The van der Waals surface area contributed by atoms with Gasteiger partial charge in [0.15, 0.2) is 0 Å². The van der Waals surface area contributed by atoms with Crippen molar-refractivity contribution in [1.82, 2.24) is 0 Å². The fraction of sp³-hybridized carbons (Fsp3) is 0.143. The zero-order valence-corrected chi connectivity index (χ0v) is 11.1. The van der Waals surface area contributed by atoms with Gasteiger partial charge < -0.3 is 4.74 Å². The molecule has 0 heterocycles. The summed E-state index contributed by atoms with van der Waals surface area (Å²) in [7, 11) is 0. The molecule has 84 valence electrons. The molecular weight excluding hydrogens is 215 g/mol. The normalized spacial score (nSPS) is 9.38. The van der Waals surface area contributed by atoms with E-state index >= 15 is 0 Å². The van der Waals surface area contributed by atoms with Crippen LogP contribution < -0.4 is 4.74 Å². The molecule has 1 unspecified atom stereocenters. The lowest BCUT2D eigenvalue weighted by molar-refractivity contribution is 0.475. The summed E-state index contributed by atoms with van der Waals surface area (Å²) < 4.78 is 5.84. The first-order valence-electron chi connectivity index (χ1n) is 5.06. The Bertz CT molecular complexity index is 422. The van der Waals surface area contributed by atoms with Crippen molar-refractivity contribution in [3.05, 3.63) is 59.7 Å². The molecule has 0 aliphatic rings. The monoisotopic (exact) mass is 232 g/mol. The maximum Gasteiger partial charge on any atom is 0.130 e. The first-order chi connectivity index (χ1) is 7.27. The molecule has 2 heteroatoms. The van der Waals surface area contributed by atoms with Gasteiger partial charge in [-0.3, -0.25) is 0 Å². The minimum atomic E-state index is 0. The summed E-state index contributed by atoms with van der Waals surface area (Å²) in [5.41, 5.74) is 2.31. The van der Waals surface area contributed by atoms with Crippen LogP contribution in [0.1, 0.15) is 11.1 Å². The summed E-state index contributed by atoms with van der Waals surface area (Å²) in [6.07, 6.45) is 0. The van der Waals surface area contributed by atoms with Crippen molar-refractivity contribution in [2.45, 2.75) is 13.8 Å². The molecule has 0 aliphatic heterocycles. The Kier molecular flexibility index (Phi) is 4.52. The molecule has 0 N–H and O–H groups in total. The smallest absolute Gasteiger partial charge is 0.130 e. The average molecular weight is 232 g/mol. The molecule has 1 nitrogen and oxygen atoms in total. The Balaban J connectivity index is 0.00000128. The van der Waals surface area contributed by atoms with Crippen LogP contribution in [0.15, 0.2) is 48.5 Å². The summed E-state index contributed by atoms with van der Waals surface area (Å²) in [6.45, 7) is 4.10. The summed E-state index contributed by atoms with van der Waals surface area (Å²) in [5, 5.41) is 0. The first-order valence-corrected chi connectivity index (χ1v) is 5.06.